The maximum absolute atomic E-state index is 11.2. The number of rotatable bonds is 5. The Labute approximate surface area is 203 Å². The molecule has 1 atom stereocenters. The van der Waals surface area contributed by atoms with Gasteiger partial charge in [-0.15, -0.1) is 0 Å². The Morgan fingerprint density at radius 2 is 1.74 bits per heavy atom. The quantitative estimate of drug-likeness (QED) is 0.458. The Morgan fingerprint density at radius 1 is 1.03 bits per heavy atom. The molecular weight excluding hydrogens is 424 g/mol. The van der Waals surface area contributed by atoms with E-state index in [-0.39, 0.29) is 11.9 Å². The summed E-state index contributed by atoms with van der Waals surface area (Å²) in [6, 6.07) is 5.74. The van der Waals surface area contributed by atoms with Gasteiger partial charge in [0.15, 0.2) is 0 Å². The summed E-state index contributed by atoms with van der Waals surface area (Å²) >= 11 is 0. The van der Waals surface area contributed by atoms with E-state index >= 15 is 0 Å². The molecule has 2 aliphatic heterocycles. The predicted molar refractivity (Wildman–Crippen MR) is 138 cm³/mol. The van der Waals surface area contributed by atoms with Crippen molar-refractivity contribution >= 4 is 6.08 Å². The van der Waals surface area contributed by atoms with Crippen molar-refractivity contribution in [3.05, 3.63) is 75.4 Å². The van der Waals surface area contributed by atoms with E-state index in [1.165, 1.54) is 11.1 Å². The molecule has 2 aromatic carbocycles. The predicted octanol–water partition coefficient (Wildman–Crippen LogP) is 7.37. The number of fused-ring (bicyclic) bond motifs is 2. The van der Waals surface area contributed by atoms with Crippen LogP contribution in [0.2, 0.25) is 0 Å². The standard InChI is InChI=1S/C30H36O4/c1-18(2)7-9-21-15-22-10-12-26(33-29(22)23(28(21)32)11-8-19(3)4)24-16-20-13-14-30(5,6)34-27(20)17-25(24)31/h7-8,13-17,26,31-32H,9-12H2,1-6H3. The first-order valence-electron chi connectivity index (χ1n) is 12.1. The lowest BCUT2D eigenvalue weighted by atomic mass is 9.90. The highest BCUT2D eigenvalue weighted by molar-refractivity contribution is 5.65. The van der Waals surface area contributed by atoms with Crippen LogP contribution in [0.25, 0.3) is 6.08 Å². The van der Waals surface area contributed by atoms with Crippen LogP contribution < -0.4 is 9.47 Å². The highest BCUT2D eigenvalue weighted by Gasteiger charge is 2.30. The van der Waals surface area contributed by atoms with Crippen molar-refractivity contribution in [2.45, 2.75) is 78.9 Å². The average molecular weight is 461 g/mol. The van der Waals surface area contributed by atoms with Crippen molar-refractivity contribution in [2.75, 3.05) is 0 Å². The van der Waals surface area contributed by atoms with Gasteiger partial charge in [-0.1, -0.05) is 29.4 Å². The molecule has 0 spiro atoms. The molecule has 0 saturated heterocycles. The molecule has 0 bridgehead atoms. The lowest BCUT2D eigenvalue weighted by Gasteiger charge is -2.32. The molecule has 2 aliphatic rings. The third-order valence-electron chi connectivity index (χ3n) is 6.43. The first-order chi connectivity index (χ1) is 16.0. The van der Waals surface area contributed by atoms with Crippen molar-refractivity contribution in [1.29, 1.82) is 0 Å². The largest absolute Gasteiger partial charge is 0.507 e. The number of aromatic hydroxyl groups is 2. The first-order valence-corrected chi connectivity index (χ1v) is 12.1. The summed E-state index contributed by atoms with van der Waals surface area (Å²) in [5, 5.41) is 22.0. The lowest BCUT2D eigenvalue weighted by Crippen LogP contribution is -2.27. The van der Waals surface area contributed by atoms with Crippen molar-refractivity contribution in [2.24, 2.45) is 0 Å². The molecule has 0 saturated carbocycles. The average Bonchev–Trinajstić information content (AvgIpc) is 2.75. The van der Waals surface area contributed by atoms with Crippen LogP contribution >= 0.6 is 0 Å². The molecule has 34 heavy (non-hydrogen) atoms. The molecule has 180 valence electrons. The van der Waals surface area contributed by atoms with Gasteiger partial charge >= 0.3 is 0 Å². The van der Waals surface area contributed by atoms with Crippen LogP contribution in [-0.2, 0) is 19.3 Å². The van der Waals surface area contributed by atoms with E-state index in [0.29, 0.717) is 24.3 Å². The van der Waals surface area contributed by atoms with Gasteiger partial charge in [0.2, 0.25) is 0 Å². The number of phenolic OH excluding ortho intramolecular Hbond substituents is 2. The third-order valence-corrected chi connectivity index (χ3v) is 6.43. The van der Waals surface area contributed by atoms with Gasteiger partial charge in [-0.05, 0) is 96.6 Å². The summed E-state index contributed by atoms with van der Waals surface area (Å²) in [7, 11) is 0. The topological polar surface area (TPSA) is 58.9 Å². The number of benzene rings is 2. The molecule has 4 rings (SSSR count). The van der Waals surface area contributed by atoms with Crippen molar-refractivity contribution in [1.82, 2.24) is 0 Å². The van der Waals surface area contributed by atoms with Crippen molar-refractivity contribution in [3.63, 3.8) is 0 Å². The Hall–Kier alpha value is -3.14. The first kappa shape index (κ1) is 24.0. The fraction of sp³-hybridized carbons (Fsp3) is 0.400. The van der Waals surface area contributed by atoms with E-state index in [1.807, 2.05) is 32.1 Å². The molecule has 2 aromatic rings. The van der Waals surface area contributed by atoms with Crippen molar-refractivity contribution < 1.29 is 19.7 Å². The maximum atomic E-state index is 11.2. The Balaban J connectivity index is 1.72. The van der Waals surface area contributed by atoms with E-state index in [0.717, 1.165) is 46.4 Å². The zero-order valence-electron chi connectivity index (χ0n) is 21.2. The van der Waals surface area contributed by atoms with E-state index in [9.17, 15) is 10.2 Å². The van der Waals surface area contributed by atoms with Crippen LogP contribution in [0.1, 0.15) is 81.9 Å². The summed E-state index contributed by atoms with van der Waals surface area (Å²) < 4.78 is 12.5. The highest BCUT2D eigenvalue weighted by Crippen LogP contribution is 2.46. The number of ether oxygens (including phenoxy) is 2. The Kier molecular flexibility index (Phi) is 6.53. The van der Waals surface area contributed by atoms with Gasteiger partial charge < -0.3 is 19.7 Å². The second kappa shape index (κ2) is 9.25. The van der Waals surface area contributed by atoms with E-state index in [1.54, 1.807) is 6.07 Å². The molecule has 0 radical (unpaired) electrons. The summed E-state index contributed by atoms with van der Waals surface area (Å²) in [6.45, 7) is 12.2. The molecule has 0 amide bonds. The van der Waals surface area contributed by atoms with Crippen molar-refractivity contribution in [3.8, 4) is 23.0 Å². The highest BCUT2D eigenvalue weighted by atomic mass is 16.5. The van der Waals surface area contributed by atoms with Crippen LogP contribution in [0, 0.1) is 0 Å². The Morgan fingerprint density at radius 3 is 2.44 bits per heavy atom. The molecular formula is C30H36O4. The third kappa shape index (κ3) is 5.01. The van der Waals surface area contributed by atoms with Crippen LogP contribution in [0.5, 0.6) is 23.0 Å². The molecule has 4 nitrogen and oxygen atoms in total. The number of aryl methyl sites for hydroxylation is 1. The van der Waals surface area contributed by atoms with E-state index in [2.05, 4.69) is 45.9 Å². The summed E-state index contributed by atoms with van der Waals surface area (Å²) in [6.07, 6.45) is 10.9. The van der Waals surface area contributed by atoms with Gasteiger partial charge in [-0.2, -0.15) is 0 Å². The summed E-state index contributed by atoms with van der Waals surface area (Å²) in [5.74, 6) is 1.91. The van der Waals surface area contributed by atoms with Gasteiger partial charge in [-0.25, -0.2) is 0 Å². The number of allylic oxidation sites excluding steroid dienone is 4. The van der Waals surface area contributed by atoms with Crippen LogP contribution in [0.15, 0.2) is 47.6 Å². The molecule has 0 aromatic heterocycles. The zero-order valence-corrected chi connectivity index (χ0v) is 21.2. The fourth-order valence-electron chi connectivity index (χ4n) is 4.53. The number of hydrogen-bond acceptors (Lipinski definition) is 4. The van der Waals surface area contributed by atoms with Crippen LogP contribution in [0.4, 0.5) is 0 Å². The fourth-order valence-corrected chi connectivity index (χ4v) is 4.53. The molecule has 1 unspecified atom stereocenters. The summed E-state index contributed by atoms with van der Waals surface area (Å²) in [4.78, 5) is 0. The smallest absolute Gasteiger partial charge is 0.131 e. The second-order valence-corrected chi connectivity index (χ2v) is 10.5. The van der Waals surface area contributed by atoms with Crippen LogP contribution in [0.3, 0.4) is 0 Å². The van der Waals surface area contributed by atoms with E-state index < -0.39 is 5.60 Å². The second-order valence-electron chi connectivity index (χ2n) is 10.5. The Bertz CT molecular complexity index is 1190. The minimum absolute atomic E-state index is 0.175. The van der Waals surface area contributed by atoms with E-state index in [4.69, 9.17) is 9.47 Å². The van der Waals surface area contributed by atoms with Gasteiger partial charge in [0.05, 0.1) is 0 Å². The van der Waals surface area contributed by atoms with Gasteiger partial charge in [0.25, 0.3) is 0 Å². The normalized spacial score (nSPS) is 17.6. The molecule has 0 aliphatic carbocycles. The SMILES string of the molecule is CC(C)=CCc1cc2c(c(CC=C(C)C)c1O)OC(c1cc3c(cc1O)OC(C)(C)C=C3)CC2. The molecule has 0 fully saturated rings. The maximum Gasteiger partial charge on any atom is 0.131 e. The van der Waals surface area contributed by atoms with Gasteiger partial charge in [-0.3, -0.25) is 0 Å². The van der Waals surface area contributed by atoms with Gasteiger partial charge in [0.1, 0.15) is 34.7 Å². The molecule has 2 N–H and O–H groups in total. The van der Waals surface area contributed by atoms with Crippen LogP contribution in [-0.4, -0.2) is 15.8 Å². The number of hydrogen-bond donors (Lipinski definition) is 2. The minimum atomic E-state index is -0.401. The molecule has 2 heterocycles. The minimum Gasteiger partial charge on any atom is -0.507 e. The monoisotopic (exact) mass is 460 g/mol. The zero-order chi connectivity index (χ0) is 24.6. The van der Waals surface area contributed by atoms with Gasteiger partial charge in [0, 0.05) is 22.8 Å². The lowest BCUT2D eigenvalue weighted by molar-refractivity contribution is 0.156. The number of phenols is 2. The summed E-state index contributed by atoms with van der Waals surface area (Å²) in [5.41, 5.74) is 6.57. The molecule has 4 heteroatoms.